The monoisotopic (exact) mass is 231 g/mol. The van der Waals surface area contributed by atoms with E-state index in [0.29, 0.717) is 24.1 Å². The van der Waals surface area contributed by atoms with Crippen molar-refractivity contribution in [1.82, 2.24) is 4.98 Å². The van der Waals surface area contributed by atoms with Gasteiger partial charge < -0.3 is 10.5 Å². The van der Waals surface area contributed by atoms with Crippen molar-refractivity contribution in [3.63, 3.8) is 0 Å². The molecule has 0 radical (unpaired) electrons. The Morgan fingerprint density at radius 2 is 2.24 bits per heavy atom. The third-order valence-electron chi connectivity index (χ3n) is 3.43. The van der Waals surface area contributed by atoms with E-state index in [0.717, 1.165) is 12.3 Å². The number of hydrogen-bond donors (Lipinski definition) is 1. The molecule has 0 aliphatic heterocycles. The first-order valence-electron chi connectivity index (χ1n) is 6.02. The Labute approximate surface area is 101 Å². The van der Waals surface area contributed by atoms with E-state index in [4.69, 9.17) is 15.7 Å². The molecule has 2 unspecified atom stereocenters. The normalized spacial score (nSPS) is 23.3. The van der Waals surface area contributed by atoms with Crippen LogP contribution in [0.3, 0.4) is 0 Å². The van der Waals surface area contributed by atoms with Gasteiger partial charge in [-0.05, 0) is 43.4 Å². The van der Waals surface area contributed by atoms with E-state index in [2.05, 4.69) is 4.98 Å². The molecule has 0 saturated heterocycles. The molecule has 0 aromatic carbocycles. The van der Waals surface area contributed by atoms with Gasteiger partial charge in [-0.1, -0.05) is 6.42 Å². The second kappa shape index (κ2) is 5.65. The van der Waals surface area contributed by atoms with Crippen LogP contribution in [0.4, 0.5) is 0 Å². The molecule has 0 spiro atoms. The van der Waals surface area contributed by atoms with Crippen LogP contribution in [0.1, 0.15) is 25.0 Å². The average molecular weight is 231 g/mol. The van der Waals surface area contributed by atoms with Crippen molar-refractivity contribution in [3.8, 4) is 11.8 Å². The van der Waals surface area contributed by atoms with Gasteiger partial charge in [0.15, 0.2) is 0 Å². The van der Waals surface area contributed by atoms with Gasteiger partial charge in [-0.2, -0.15) is 5.26 Å². The van der Waals surface area contributed by atoms with Gasteiger partial charge in [0, 0.05) is 0 Å². The van der Waals surface area contributed by atoms with Gasteiger partial charge in [0.05, 0.1) is 12.8 Å². The van der Waals surface area contributed by atoms with Crippen molar-refractivity contribution < 1.29 is 4.74 Å². The first-order valence-corrected chi connectivity index (χ1v) is 6.02. The second-order valence-electron chi connectivity index (χ2n) is 4.49. The lowest BCUT2D eigenvalue weighted by Crippen LogP contribution is -2.23. The van der Waals surface area contributed by atoms with Gasteiger partial charge >= 0.3 is 0 Å². The molecule has 2 atom stereocenters. The molecule has 1 fully saturated rings. The fourth-order valence-corrected chi connectivity index (χ4v) is 2.38. The van der Waals surface area contributed by atoms with Crippen LogP contribution in [-0.2, 0) is 0 Å². The summed E-state index contributed by atoms with van der Waals surface area (Å²) in [7, 11) is 0. The van der Waals surface area contributed by atoms with E-state index in [1.165, 1.54) is 19.3 Å². The van der Waals surface area contributed by atoms with Crippen LogP contribution >= 0.6 is 0 Å². The lowest BCUT2D eigenvalue weighted by atomic mass is 9.97. The number of nitriles is 1. The number of aromatic nitrogens is 1. The zero-order valence-corrected chi connectivity index (χ0v) is 9.80. The maximum absolute atomic E-state index is 8.63. The highest BCUT2D eigenvalue weighted by Gasteiger charge is 2.26. The third-order valence-corrected chi connectivity index (χ3v) is 3.43. The minimum Gasteiger partial charge on any atom is -0.492 e. The molecule has 1 aliphatic rings. The van der Waals surface area contributed by atoms with Crippen LogP contribution in [0.25, 0.3) is 0 Å². The fourth-order valence-electron chi connectivity index (χ4n) is 2.38. The van der Waals surface area contributed by atoms with E-state index in [-0.39, 0.29) is 0 Å². The van der Waals surface area contributed by atoms with E-state index in [1.807, 2.05) is 6.07 Å². The molecular weight excluding hydrogens is 214 g/mol. The molecule has 1 aromatic rings. The summed E-state index contributed by atoms with van der Waals surface area (Å²) < 4.78 is 5.69. The predicted molar refractivity (Wildman–Crippen MR) is 64.3 cm³/mol. The molecule has 90 valence electrons. The number of nitrogens with zero attached hydrogens (tertiary/aromatic N) is 2. The summed E-state index contributed by atoms with van der Waals surface area (Å²) in [5, 5.41) is 8.63. The lowest BCUT2D eigenvalue weighted by Gasteiger charge is -2.18. The molecule has 4 heteroatoms. The van der Waals surface area contributed by atoms with Gasteiger partial charge in [0.1, 0.15) is 17.5 Å². The van der Waals surface area contributed by atoms with Crippen molar-refractivity contribution in [2.24, 2.45) is 17.6 Å². The minimum absolute atomic E-state index is 0.415. The fraction of sp³-hybridized carbons (Fsp3) is 0.538. The largest absolute Gasteiger partial charge is 0.492 e. The molecule has 1 saturated carbocycles. The summed E-state index contributed by atoms with van der Waals surface area (Å²) in [5.74, 6) is 1.89. The summed E-state index contributed by atoms with van der Waals surface area (Å²) in [5.41, 5.74) is 6.14. The maximum Gasteiger partial charge on any atom is 0.140 e. The van der Waals surface area contributed by atoms with Crippen LogP contribution in [0.15, 0.2) is 18.3 Å². The number of ether oxygens (including phenoxy) is 1. The second-order valence-corrected chi connectivity index (χ2v) is 4.49. The molecule has 1 aromatic heterocycles. The van der Waals surface area contributed by atoms with Gasteiger partial charge in [0.2, 0.25) is 0 Å². The molecule has 1 aliphatic carbocycles. The van der Waals surface area contributed by atoms with E-state index >= 15 is 0 Å². The number of hydrogen-bond acceptors (Lipinski definition) is 4. The maximum atomic E-state index is 8.63. The topological polar surface area (TPSA) is 71.9 Å². The Balaban J connectivity index is 1.87. The zero-order chi connectivity index (χ0) is 12.1. The zero-order valence-electron chi connectivity index (χ0n) is 9.80. The van der Waals surface area contributed by atoms with Crippen molar-refractivity contribution in [3.05, 3.63) is 24.0 Å². The average Bonchev–Trinajstić information content (AvgIpc) is 2.84. The van der Waals surface area contributed by atoms with Gasteiger partial charge in [-0.3, -0.25) is 0 Å². The van der Waals surface area contributed by atoms with Gasteiger partial charge in [0.25, 0.3) is 0 Å². The molecule has 2 rings (SSSR count). The lowest BCUT2D eigenvalue weighted by molar-refractivity contribution is 0.216. The molecule has 17 heavy (non-hydrogen) atoms. The van der Waals surface area contributed by atoms with Crippen LogP contribution < -0.4 is 10.5 Å². The van der Waals surface area contributed by atoms with Crippen LogP contribution in [0, 0.1) is 23.2 Å². The standard InChI is InChI=1S/C13H17N3O/c14-6-10-2-1-3-11(10)9-17-13-5-4-12(7-15)16-8-13/h4-5,8,10-11H,1-3,6,9,14H2. The number of nitrogens with two attached hydrogens (primary N) is 1. The van der Waals surface area contributed by atoms with E-state index in [1.54, 1.807) is 18.3 Å². The first-order chi connectivity index (χ1) is 8.33. The first kappa shape index (κ1) is 11.9. The quantitative estimate of drug-likeness (QED) is 0.856. The third kappa shape index (κ3) is 2.95. The SMILES string of the molecule is N#Cc1ccc(OCC2CCCC2CN)cn1. The summed E-state index contributed by atoms with van der Waals surface area (Å²) in [6.45, 7) is 1.45. The number of pyridine rings is 1. The van der Waals surface area contributed by atoms with Gasteiger partial charge in [-0.15, -0.1) is 0 Å². The molecule has 1 heterocycles. The Kier molecular flexibility index (Phi) is 3.94. The van der Waals surface area contributed by atoms with Crippen molar-refractivity contribution in [2.45, 2.75) is 19.3 Å². The molecule has 4 nitrogen and oxygen atoms in total. The molecule has 2 N–H and O–H groups in total. The van der Waals surface area contributed by atoms with Crippen LogP contribution in [-0.4, -0.2) is 18.1 Å². The Hall–Kier alpha value is -1.60. The van der Waals surface area contributed by atoms with E-state index < -0.39 is 0 Å². The highest BCUT2D eigenvalue weighted by Crippen LogP contribution is 2.31. The molecule has 0 bridgehead atoms. The Bertz CT molecular complexity index is 396. The van der Waals surface area contributed by atoms with E-state index in [9.17, 15) is 0 Å². The van der Waals surface area contributed by atoms with Crippen molar-refractivity contribution in [2.75, 3.05) is 13.2 Å². The predicted octanol–water partition coefficient (Wildman–Crippen LogP) is 1.71. The Morgan fingerprint density at radius 3 is 2.88 bits per heavy atom. The van der Waals surface area contributed by atoms with Crippen LogP contribution in [0.5, 0.6) is 5.75 Å². The van der Waals surface area contributed by atoms with Gasteiger partial charge in [-0.25, -0.2) is 4.98 Å². The summed E-state index contributed by atoms with van der Waals surface area (Å²) in [6.07, 6.45) is 5.27. The molecule has 0 amide bonds. The minimum atomic E-state index is 0.415. The number of rotatable bonds is 4. The Morgan fingerprint density at radius 1 is 1.41 bits per heavy atom. The highest BCUT2D eigenvalue weighted by molar-refractivity contribution is 5.26. The summed E-state index contributed by atoms with van der Waals surface area (Å²) in [4.78, 5) is 3.97. The van der Waals surface area contributed by atoms with Crippen molar-refractivity contribution in [1.29, 1.82) is 5.26 Å². The van der Waals surface area contributed by atoms with Crippen LogP contribution in [0.2, 0.25) is 0 Å². The molecular formula is C13H17N3O. The van der Waals surface area contributed by atoms with Crippen molar-refractivity contribution >= 4 is 0 Å². The smallest absolute Gasteiger partial charge is 0.140 e. The highest BCUT2D eigenvalue weighted by atomic mass is 16.5. The summed E-state index contributed by atoms with van der Waals surface area (Å²) >= 11 is 0. The summed E-state index contributed by atoms with van der Waals surface area (Å²) in [6, 6.07) is 5.45.